The van der Waals surface area contributed by atoms with Gasteiger partial charge in [-0.15, -0.1) is 0 Å². The van der Waals surface area contributed by atoms with Crippen molar-refractivity contribution in [2.75, 3.05) is 0 Å². The van der Waals surface area contributed by atoms with Crippen molar-refractivity contribution in [2.24, 2.45) is 5.73 Å². The molecule has 2 N–H and O–H groups in total. The van der Waals surface area contributed by atoms with Gasteiger partial charge in [0.1, 0.15) is 6.04 Å². The highest BCUT2D eigenvalue weighted by molar-refractivity contribution is 9.10. The lowest BCUT2D eigenvalue weighted by Crippen LogP contribution is -2.28. The van der Waals surface area contributed by atoms with Gasteiger partial charge in [-0.3, -0.25) is 0 Å². The van der Waals surface area contributed by atoms with Gasteiger partial charge in [0.15, 0.2) is 0 Å². The standard InChI is InChI=1S/C8H6BrClF3N/c9-6-4(2-1-3-5(6)10)7(14)8(11,12)13/h1-3,7H,14H2/t7-/m0/s1. The lowest BCUT2D eigenvalue weighted by Gasteiger charge is -2.17. The Balaban J connectivity index is 3.14. The van der Waals surface area contributed by atoms with Crippen molar-refractivity contribution < 1.29 is 13.2 Å². The molecule has 1 atom stereocenters. The molecule has 0 radical (unpaired) electrons. The Morgan fingerprint density at radius 3 is 2.43 bits per heavy atom. The molecular formula is C8H6BrClF3N. The maximum Gasteiger partial charge on any atom is 0.407 e. The first kappa shape index (κ1) is 11.8. The summed E-state index contributed by atoms with van der Waals surface area (Å²) in [6.45, 7) is 0. The van der Waals surface area contributed by atoms with Gasteiger partial charge in [-0.05, 0) is 27.6 Å². The average Bonchev–Trinajstić information content (AvgIpc) is 2.07. The Morgan fingerprint density at radius 1 is 1.36 bits per heavy atom. The van der Waals surface area contributed by atoms with E-state index < -0.39 is 12.2 Å². The predicted molar refractivity (Wildman–Crippen MR) is 52.1 cm³/mol. The normalized spacial score (nSPS) is 14.1. The molecule has 0 saturated heterocycles. The van der Waals surface area contributed by atoms with E-state index in [1.54, 1.807) is 0 Å². The van der Waals surface area contributed by atoms with Gasteiger partial charge >= 0.3 is 6.18 Å². The van der Waals surface area contributed by atoms with Gasteiger partial charge in [-0.1, -0.05) is 23.7 Å². The first-order chi connectivity index (χ1) is 6.34. The molecule has 0 fully saturated rings. The fourth-order valence-corrected chi connectivity index (χ4v) is 1.63. The number of rotatable bonds is 1. The second-order valence-electron chi connectivity index (χ2n) is 2.66. The molecule has 0 spiro atoms. The highest BCUT2D eigenvalue weighted by atomic mass is 79.9. The van der Waals surface area contributed by atoms with Gasteiger partial charge < -0.3 is 5.73 Å². The van der Waals surface area contributed by atoms with Crippen LogP contribution < -0.4 is 5.73 Å². The minimum absolute atomic E-state index is 0.0648. The van der Waals surface area contributed by atoms with Gasteiger partial charge in [0.05, 0.1) is 5.02 Å². The highest BCUT2D eigenvalue weighted by Crippen LogP contribution is 2.36. The molecule has 78 valence electrons. The van der Waals surface area contributed by atoms with Gasteiger partial charge in [0.2, 0.25) is 0 Å². The second kappa shape index (κ2) is 4.08. The second-order valence-corrected chi connectivity index (χ2v) is 3.86. The van der Waals surface area contributed by atoms with Crippen LogP contribution in [0.25, 0.3) is 0 Å². The van der Waals surface area contributed by atoms with Crippen LogP contribution in [0.4, 0.5) is 13.2 Å². The number of hydrogen-bond acceptors (Lipinski definition) is 1. The van der Waals surface area contributed by atoms with E-state index in [4.69, 9.17) is 17.3 Å². The lowest BCUT2D eigenvalue weighted by molar-refractivity contribution is -0.149. The number of halogens is 5. The van der Waals surface area contributed by atoms with Crippen molar-refractivity contribution in [1.82, 2.24) is 0 Å². The van der Waals surface area contributed by atoms with Gasteiger partial charge in [-0.2, -0.15) is 13.2 Å². The van der Waals surface area contributed by atoms with Crippen molar-refractivity contribution in [3.05, 3.63) is 33.3 Å². The van der Waals surface area contributed by atoms with Crippen molar-refractivity contribution >= 4 is 27.5 Å². The molecular weight excluding hydrogens is 282 g/mol. The van der Waals surface area contributed by atoms with Crippen molar-refractivity contribution in [3.8, 4) is 0 Å². The third-order valence-corrected chi connectivity index (χ3v) is 3.10. The summed E-state index contributed by atoms with van der Waals surface area (Å²) in [5.41, 5.74) is 4.96. The molecule has 1 aromatic carbocycles. The molecule has 0 saturated carbocycles. The quantitative estimate of drug-likeness (QED) is 0.838. The Kier molecular flexibility index (Phi) is 3.44. The van der Waals surface area contributed by atoms with Crippen LogP contribution in [0.15, 0.2) is 22.7 Å². The Hall–Kier alpha value is -0.260. The van der Waals surface area contributed by atoms with E-state index in [1.165, 1.54) is 18.2 Å². The maximum absolute atomic E-state index is 12.3. The van der Waals surface area contributed by atoms with Crippen LogP contribution in [0.5, 0.6) is 0 Å². The molecule has 0 bridgehead atoms. The summed E-state index contributed by atoms with van der Waals surface area (Å²) in [5.74, 6) is 0. The summed E-state index contributed by atoms with van der Waals surface area (Å²) in [4.78, 5) is 0. The van der Waals surface area contributed by atoms with E-state index in [0.29, 0.717) is 0 Å². The fourth-order valence-electron chi connectivity index (χ4n) is 0.937. The Labute approximate surface area is 92.2 Å². The van der Waals surface area contributed by atoms with E-state index in [2.05, 4.69) is 15.9 Å². The number of nitrogens with two attached hydrogens (primary N) is 1. The monoisotopic (exact) mass is 287 g/mol. The van der Waals surface area contributed by atoms with Crippen molar-refractivity contribution in [3.63, 3.8) is 0 Å². The fraction of sp³-hybridized carbons (Fsp3) is 0.250. The molecule has 1 aromatic rings. The van der Waals surface area contributed by atoms with E-state index >= 15 is 0 Å². The summed E-state index contributed by atoms with van der Waals surface area (Å²) in [6, 6.07) is 2.18. The third kappa shape index (κ3) is 2.40. The highest BCUT2D eigenvalue weighted by Gasteiger charge is 2.38. The van der Waals surface area contributed by atoms with Crippen LogP contribution in [0.2, 0.25) is 5.02 Å². The Morgan fingerprint density at radius 2 is 1.93 bits per heavy atom. The van der Waals surface area contributed by atoms with Gasteiger partial charge in [-0.25, -0.2) is 0 Å². The number of alkyl halides is 3. The number of benzene rings is 1. The summed E-state index contributed by atoms with van der Waals surface area (Å²) in [5, 5.41) is 0.210. The molecule has 1 rings (SSSR count). The summed E-state index contributed by atoms with van der Waals surface area (Å²) in [6.07, 6.45) is -4.47. The zero-order valence-corrected chi connectivity index (χ0v) is 9.12. The smallest absolute Gasteiger partial charge is 0.316 e. The third-order valence-electron chi connectivity index (χ3n) is 1.67. The van der Waals surface area contributed by atoms with Gasteiger partial charge in [0.25, 0.3) is 0 Å². The molecule has 14 heavy (non-hydrogen) atoms. The van der Waals surface area contributed by atoms with Crippen molar-refractivity contribution in [1.29, 1.82) is 0 Å². The lowest BCUT2D eigenvalue weighted by atomic mass is 10.1. The topological polar surface area (TPSA) is 26.0 Å². The van der Waals surface area contributed by atoms with Crippen LogP contribution in [-0.2, 0) is 0 Å². The first-order valence-electron chi connectivity index (χ1n) is 3.60. The SMILES string of the molecule is N[C@@H](c1cccc(Cl)c1Br)C(F)(F)F. The van der Waals surface area contributed by atoms with E-state index in [-0.39, 0.29) is 15.1 Å². The maximum atomic E-state index is 12.3. The van der Waals surface area contributed by atoms with Crippen LogP contribution >= 0.6 is 27.5 Å². The first-order valence-corrected chi connectivity index (χ1v) is 4.77. The molecule has 1 nitrogen and oxygen atoms in total. The molecule has 6 heteroatoms. The van der Waals surface area contributed by atoms with Crippen LogP contribution in [-0.4, -0.2) is 6.18 Å². The molecule has 0 amide bonds. The van der Waals surface area contributed by atoms with Crippen molar-refractivity contribution in [2.45, 2.75) is 12.2 Å². The van der Waals surface area contributed by atoms with Crippen LogP contribution in [0, 0.1) is 0 Å². The zero-order chi connectivity index (χ0) is 10.9. The van der Waals surface area contributed by atoms with E-state index in [9.17, 15) is 13.2 Å². The Bertz CT molecular complexity index is 340. The minimum Gasteiger partial charge on any atom is -0.316 e. The molecule has 0 heterocycles. The molecule has 0 aliphatic heterocycles. The predicted octanol–water partition coefficient (Wildman–Crippen LogP) is 3.66. The van der Waals surface area contributed by atoms with E-state index in [0.717, 1.165) is 0 Å². The van der Waals surface area contributed by atoms with Crippen LogP contribution in [0.3, 0.4) is 0 Å². The zero-order valence-electron chi connectivity index (χ0n) is 6.78. The summed E-state index contributed by atoms with van der Waals surface area (Å²) in [7, 11) is 0. The molecule has 0 aliphatic carbocycles. The van der Waals surface area contributed by atoms with E-state index in [1.807, 2.05) is 0 Å². The van der Waals surface area contributed by atoms with Crippen LogP contribution in [0.1, 0.15) is 11.6 Å². The molecule has 0 aromatic heterocycles. The summed E-state index contributed by atoms with van der Waals surface area (Å²) >= 11 is 8.60. The summed E-state index contributed by atoms with van der Waals surface area (Å²) < 4.78 is 37.0. The minimum atomic E-state index is -4.47. The average molecular weight is 288 g/mol. The molecule has 0 unspecified atom stereocenters. The van der Waals surface area contributed by atoms with Gasteiger partial charge in [0, 0.05) is 4.47 Å². The molecule has 0 aliphatic rings. The largest absolute Gasteiger partial charge is 0.407 e. The number of hydrogen-bond donors (Lipinski definition) is 1.